The van der Waals surface area contributed by atoms with Gasteiger partial charge in [0.25, 0.3) is 5.91 Å². The van der Waals surface area contributed by atoms with Crippen LogP contribution in [0, 0.1) is 10.1 Å². The van der Waals surface area contributed by atoms with Gasteiger partial charge in [0.1, 0.15) is 0 Å². The smallest absolute Gasteiger partial charge is 0.364 e. The molecule has 1 atom stereocenters. The maximum atomic E-state index is 12.0. The van der Waals surface area contributed by atoms with E-state index in [9.17, 15) is 20.0 Å². The standard InChI is InChI=1S/C10H14N4O4/c1-6(15)5-13(2)10(16)7-3-9(14(17)18)12-4-8(7)11/h3-4,6,15H,5,11H2,1-2H3. The molecule has 1 rings (SSSR count). The number of hydrogen-bond acceptors (Lipinski definition) is 6. The molecule has 8 heteroatoms. The van der Waals surface area contributed by atoms with Crippen LogP contribution < -0.4 is 5.73 Å². The number of hydrogen-bond donors (Lipinski definition) is 2. The molecule has 1 unspecified atom stereocenters. The number of anilines is 1. The summed E-state index contributed by atoms with van der Waals surface area (Å²) in [5, 5.41) is 19.8. The first kappa shape index (κ1) is 13.8. The maximum absolute atomic E-state index is 12.0. The minimum absolute atomic E-state index is 0.000139. The molecule has 98 valence electrons. The molecule has 8 nitrogen and oxygen atoms in total. The molecule has 1 aromatic heterocycles. The van der Waals surface area contributed by atoms with Crippen molar-refractivity contribution in [3.05, 3.63) is 27.9 Å². The molecule has 0 spiro atoms. The first-order chi connectivity index (χ1) is 8.32. The lowest BCUT2D eigenvalue weighted by Gasteiger charge is -2.19. The van der Waals surface area contributed by atoms with Crippen molar-refractivity contribution >= 4 is 17.4 Å². The molecule has 1 amide bonds. The fourth-order valence-corrected chi connectivity index (χ4v) is 1.42. The second-order valence-electron chi connectivity index (χ2n) is 3.92. The lowest BCUT2D eigenvalue weighted by atomic mass is 10.2. The van der Waals surface area contributed by atoms with Gasteiger partial charge in [-0.15, -0.1) is 0 Å². The molecule has 0 aliphatic rings. The van der Waals surface area contributed by atoms with Crippen molar-refractivity contribution in [2.45, 2.75) is 13.0 Å². The van der Waals surface area contributed by atoms with Gasteiger partial charge in [0.2, 0.25) is 0 Å². The molecular weight excluding hydrogens is 240 g/mol. The highest BCUT2D eigenvalue weighted by Gasteiger charge is 2.20. The average Bonchev–Trinajstić information content (AvgIpc) is 2.27. The van der Waals surface area contributed by atoms with E-state index in [0.29, 0.717) is 0 Å². The normalized spacial score (nSPS) is 11.9. The second kappa shape index (κ2) is 5.41. The zero-order chi connectivity index (χ0) is 13.9. The second-order valence-corrected chi connectivity index (χ2v) is 3.92. The van der Waals surface area contributed by atoms with E-state index >= 15 is 0 Å². The van der Waals surface area contributed by atoms with Crippen LogP contribution in [0.1, 0.15) is 17.3 Å². The van der Waals surface area contributed by atoms with Crippen molar-refractivity contribution in [3.63, 3.8) is 0 Å². The van der Waals surface area contributed by atoms with Crippen molar-refractivity contribution < 1.29 is 14.8 Å². The van der Waals surface area contributed by atoms with Crippen molar-refractivity contribution in [2.24, 2.45) is 0 Å². The van der Waals surface area contributed by atoms with Gasteiger partial charge in [0.15, 0.2) is 6.20 Å². The Balaban J connectivity index is 3.04. The van der Waals surface area contributed by atoms with E-state index in [4.69, 9.17) is 5.73 Å². The topological polar surface area (TPSA) is 123 Å². The number of nitrogen functional groups attached to an aromatic ring is 1. The number of carbonyl (C=O) groups is 1. The molecule has 0 saturated carbocycles. The maximum Gasteiger partial charge on any atom is 0.364 e. The van der Waals surface area contributed by atoms with Gasteiger partial charge in [-0.2, -0.15) is 0 Å². The Kier molecular flexibility index (Phi) is 4.16. The Labute approximate surface area is 103 Å². The first-order valence-electron chi connectivity index (χ1n) is 5.16. The monoisotopic (exact) mass is 254 g/mol. The number of nitrogens with two attached hydrogens (primary N) is 1. The number of rotatable bonds is 4. The van der Waals surface area contributed by atoms with Crippen LogP contribution in [0.25, 0.3) is 0 Å². The van der Waals surface area contributed by atoms with Crippen molar-refractivity contribution in [1.82, 2.24) is 9.88 Å². The molecule has 0 bridgehead atoms. The van der Waals surface area contributed by atoms with E-state index in [-0.39, 0.29) is 17.8 Å². The number of likely N-dealkylation sites (N-methyl/N-ethyl adjacent to an activating group) is 1. The molecule has 0 aliphatic heterocycles. The van der Waals surface area contributed by atoms with Crippen molar-refractivity contribution in [3.8, 4) is 0 Å². The summed E-state index contributed by atoms with van der Waals surface area (Å²) < 4.78 is 0. The first-order valence-corrected chi connectivity index (χ1v) is 5.16. The van der Waals surface area contributed by atoms with E-state index in [1.165, 1.54) is 18.9 Å². The SMILES string of the molecule is CC(O)CN(C)C(=O)c1cc([N+](=O)[O-])ncc1N. The van der Waals surface area contributed by atoms with Gasteiger partial charge in [0.05, 0.1) is 23.4 Å². The minimum atomic E-state index is -0.703. The van der Waals surface area contributed by atoms with Crippen LogP contribution in [0.2, 0.25) is 0 Å². The highest BCUT2D eigenvalue weighted by Crippen LogP contribution is 2.18. The summed E-state index contributed by atoms with van der Waals surface area (Å²) >= 11 is 0. The molecule has 18 heavy (non-hydrogen) atoms. The predicted molar refractivity (Wildman–Crippen MR) is 63.9 cm³/mol. The Hall–Kier alpha value is -2.22. The van der Waals surface area contributed by atoms with E-state index in [2.05, 4.69) is 4.98 Å². The van der Waals surface area contributed by atoms with E-state index in [1.807, 2.05) is 0 Å². The molecule has 0 aromatic carbocycles. The third-order valence-electron chi connectivity index (χ3n) is 2.22. The van der Waals surface area contributed by atoms with Crippen LogP contribution in [-0.2, 0) is 0 Å². The molecule has 1 aromatic rings. The van der Waals surface area contributed by atoms with E-state index in [1.54, 1.807) is 0 Å². The van der Waals surface area contributed by atoms with Crippen LogP contribution in [-0.4, -0.2) is 45.5 Å². The number of nitrogens with zero attached hydrogens (tertiary/aromatic N) is 3. The molecule has 3 N–H and O–H groups in total. The average molecular weight is 254 g/mol. The zero-order valence-corrected chi connectivity index (χ0v) is 10.0. The lowest BCUT2D eigenvalue weighted by molar-refractivity contribution is -0.389. The third kappa shape index (κ3) is 3.14. The molecule has 0 fully saturated rings. The largest absolute Gasteiger partial charge is 0.395 e. The van der Waals surface area contributed by atoms with Gasteiger partial charge in [-0.1, -0.05) is 0 Å². The summed E-state index contributed by atoms with van der Waals surface area (Å²) in [6, 6.07) is 1.02. The summed E-state index contributed by atoms with van der Waals surface area (Å²) in [6.45, 7) is 1.64. The zero-order valence-electron chi connectivity index (χ0n) is 10.0. The Bertz CT molecular complexity index is 475. The third-order valence-corrected chi connectivity index (χ3v) is 2.22. The van der Waals surface area contributed by atoms with Gasteiger partial charge in [-0.25, -0.2) is 0 Å². The van der Waals surface area contributed by atoms with E-state index in [0.717, 1.165) is 12.3 Å². The lowest BCUT2D eigenvalue weighted by Crippen LogP contribution is -2.33. The summed E-state index contributed by atoms with van der Waals surface area (Å²) in [7, 11) is 1.47. The quantitative estimate of drug-likeness (QED) is 0.577. The number of aromatic nitrogens is 1. The van der Waals surface area contributed by atoms with Gasteiger partial charge < -0.3 is 25.9 Å². The van der Waals surface area contributed by atoms with Crippen LogP contribution >= 0.6 is 0 Å². The number of pyridine rings is 1. The van der Waals surface area contributed by atoms with Crippen LogP contribution in [0.5, 0.6) is 0 Å². The summed E-state index contributed by atoms with van der Waals surface area (Å²) in [4.78, 5) is 26.6. The molecular formula is C10H14N4O4. The van der Waals surface area contributed by atoms with Crippen LogP contribution in [0.4, 0.5) is 11.5 Å². The van der Waals surface area contributed by atoms with Crippen molar-refractivity contribution in [2.75, 3.05) is 19.3 Å². The Morgan fingerprint density at radius 2 is 2.33 bits per heavy atom. The summed E-state index contributed by atoms with van der Waals surface area (Å²) in [6.07, 6.45) is 0.374. The number of aliphatic hydroxyl groups is 1. The summed E-state index contributed by atoms with van der Waals surface area (Å²) in [5.74, 6) is -0.947. The van der Waals surface area contributed by atoms with Gasteiger partial charge >= 0.3 is 5.82 Å². The van der Waals surface area contributed by atoms with Crippen LogP contribution in [0.15, 0.2) is 12.3 Å². The molecule has 0 saturated heterocycles. The predicted octanol–water partition coefficient (Wildman–Crippen LogP) is 0.0248. The van der Waals surface area contributed by atoms with Gasteiger partial charge in [0, 0.05) is 13.6 Å². The van der Waals surface area contributed by atoms with Crippen LogP contribution in [0.3, 0.4) is 0 Å². The van der Waals surface area contributed by atoms with Gasteiger partial charge in [-0.3, -0.25) is 4.79 Å². The fourth-order valence-electron chi connectivity index (χ4n) is 1.42. The van der Waals surface area contributed by atoms with Crippen molar-refractivity contribution in [1.29, 1.82) is 0 Å². The number of nitro groups is 1. The van der Waals surface area contributed by atoms with E-state index < -0.39 is 22.8 Å². The molecule has 1 heterocycles. The number of aliphatic hydroxyl groups excluding tert-OH is 1. The number of carbonyl (C=O) groups excluding carboxylic acids is 1. The number of amides is 1. The Morgan fingerprint density at radius 3 is 2.83 bits per heavy atom. The molecule has 0 radical (unpaired) electrons. The Morgan fingerprint density at radius 1 is 1.72 bits per heavy atom. The minimum Gasteiger partial charge on any atom is -0.395 e. The highest BCUT2D eigenvalue weighted by molar-refractivity contribution is 5.99. The van der Waals surface area contributed by atoms with Gasteiger partial charge in [-0.05, 0) is 16.8 Å². The highest BCUT2D eigenvalue weighted by atomic mass is 16.6. The summed E-state index contributed by atoms with van der Waals surface area (Å²) in [5.41, 5.74) is 5.62. The fraction of sp³-hybridized carbons (Fsp3) is 0.400. The molecule has 0 aliphatic carbocycles.